The highest BCUT2D eigenvalue weighted by Gasteiger charge is 2.08. The van der Waals surface area contributed by atoms with Gasteiger partial charge in [0, 0.05) is 6.08 Å². The van der Waals surface area contributed by atoms with Crippen molar-refractivity contribution >= 4 is 12.0 Å². The lowest BCUT2D eigenvalue weighted by Crippen LogP contribution is -2.30. The molecule has 112 valence electrons. The molecule has 0 atom stereocenters. The summed E-state index contributed by atoms with van der Waals surface area (Å²) in [4.78, 5) is 13.2. The first-order chi connectivity index (χ1) is 11.2. The fourth-order valence-electron chi connectivity index (χ4n) is 2.11. The van der Waals surface area contributed by atoms with Crippen molar-refractivity contribution in [3.05, 3.63) is 66.2 Å². The van der Waals surface area contributed by atoms with Gasteiger partial charge in [-0.25, -0.2) is 0 Å². The SMILES string of the molecule is N#CCN(CC#N)C(=O)/C=C/c1cccc(-c2ccccc2)c1. The van der Waals surface area contributed by atoms with Gasteiger partial charge in [-0.05, 0) is 28.8 Å². The summed E-state index contributed by atoms with van der Waals surface area (Å²) in [7, 11) is 0. The highest BCUT2D eigenvalue weighted by atomic mass is 16.2. The maximum atomic E-state index is 12.0. The molecular weight excluding hydrogens is 286 g/mol. The van der Waals surface area contributed by atoms with E-state index in [1.807, 2.05) is 66.7 Å². The fraction of sp³-hybridized carbons (Fsp3) is 0.105. The maximum Gasteiger partial charge on any atom is 0.248 e. The van der Waals surface area contributed by atoms with Crippen LogP contribution < -0.4 is 0 Å². The van der Waals surface area contributed by atoms with Crippen molar-refractivity contribution in [2.24, 2.45) is 0 Å². The lowest BCUT2D eigenvalue weighted by Gasteiger charge is -2.12. The van der Waals surface area contributed by atoms with Gasteiger partial charge >= 0.3 is 0 Å². The van der Waals surface area contributed by atoms with Gasteiger partial charge < -0.3 is 4.90 Å². The Labute approximate surface area is 135 Å². The molecule has 0 aliphatic rings. The maximum absolute atomic E-state index is 12.0. The molecule has 1 amide bonds. The van der Waals surface area contributed by atoms with Crippen molar-refractivity contribution in [2.45, 2.75) is 0 Å². The van der Waals surface area contributed by atoms with Gasteiger partial charge in [-0.15, -0.1) is 0 Å². The minimum Gasteiger partial charge on any atom is -0.313 e. The van der Waals surface area contributed by atoms with Crippen LogP contribution in [0.25, 0.3) is 17.2 Å². The van der Waals surface area contributed by atoms with Crippen LogP contribution in [0, 0.1) is 22.7 Å². The average Bonchev–Trinajstić information content (AvgIpc) is 2.60. The molecule has 4 heteroatoms. The molecule has 0 heterocycles. The van der Waals surface area contributed by atoms with Gasteiger partial charge in [-0.1, -0.05) is 48.5 Å². The number of carbonyl (C=O) groups is 1. The van der Waals surface area contributed by atoms with Crippen LogP contribution in [-0.2, 0) is 4.79 Å². The second-order valence-corrected chi connectivity index (χ2v) is 4.84. The third-order valence-corrected chi connectivity index (χ3v) is 3.25. The van der Waals surface area contributed by atoms with E-state index in [2.05, 4.69) is 0 Å². The largest absolute Gasteiger partial charge is 0.313 e. The van der Waals surface area contributed by atoms with Crippen LogP contribution in [0.2, 0.25) is 0 Å². The Bertz CT molecular complexity index is 766. The van der Waals surface area contributed by atoms with E-state index < -0.39 is 0 Å². The predicted molar refractivity (Wildman–Crippen MR) is 88.7 cm³/mol. The number of carbonyl (C=O) groups excluding carboxylic acids is 1. The van der Waals surface area contributed by atoms with Gasteiger partial charge in [0.15, 0.2) is 0 Å². The quantitative estimate of drug-likeness (QED) is 0.629. The molecule has 2 rings (SSSR count). The molecule has 0 fully saturated rings. The highest BCUT2D eigenvalue weighted by molar-refractivity contribution is 5.92. The summed E-state index contributed by atoms with van der Waals surface area (Å²) >= 11 is 0. The van der Waals surface area contributed by atoms with E-state index in [1.165, 1.54) is 11.0 Å². The van der Waals surface area contributed by atoms with Crippen LogP contribution >= 0.6 is 0 Å². The molecule has 0 aliphatic carbocycles. The predicted octanol–water partition coefficient (Wildman–Crippen LogP) is 3.24. The molecule has 0 spiro atoms. The number of benzene rings is 2. The van der Waals surface area contributed by atoms with Gasteiger partial charge in [0.1, 0.15) is 13.1 Å². The third kappa shape index (κ3) is 4.56. The van der Waals surface area contributed by atoms with Gasteiger partial charge in [-0.3, -0.25) is 4.79 Å². The Hall–Kier alpha value is -3.37. The Morgan fingerprint density at radius 1 is 0.957 bits per heavy atom. The fourth-order valence-corrected chi connectivity index (χ4v) is 2.11. The lowest BCUT2D eigenvalue weighted by atomic mass is 10.0. The first kappa shape index (κ1) is 16.0. The summed E-state index contributed by atoms with van der Waals surface area (Å²) in [6.07, 6.45) is 3.08. The average molecular weight is 301 g/mol. The molecule has 23 heavy (non-hydrogen) atoms. The topological polar surface area (TPSA) is 67.9 Å². The summed E-state index contributed by atoms with van der Waals surface area (Å²) in [5, 5.41) is 17.4. The molecule has 2 aromatic rings. The Balaban J connectivity index is 2.16. The van der Waals surface area contributed by atoms with Gasteiger partial charge in [0.2, 0.25) is 5.91 Å². The third-order valence-electron chi connectivity index (χ3n) is 3.25. The second kappa shape index (κ2) is 8.17. The zero-order valence-electron chi connectivity index (χ0n) is 12.5. The molecule has 0 unspecified atom stereocenters. The summed E-state index contributed by atoms with van der Waals surface area (Å²) in [6, 6.07) is 21.5. The number of nitrogens with zero attached hydrogens (tertiary/aromatic N) is 3. The molecule has 0 N–H and O–H groups in total. The van der Waals surface area contributed by atoms with Gasteiger partial charge in [0.25, 0.3) is 0 Å². The van der Waals surface area contributed by atoms with Crippen LogP contribution in [0.3, 0.4) is 0 Å². The summed E-state index contributed by atoms with van der Waals surface area (Å²) in [6.45, 7) is -0.193. The molecule has 0 saturated carbocycles. The molecule has 4 nitrogen and oxygen atoms in total. The minimum absolute atomic E-state index is 0.0964. The van der Waals surface area contributed by atoms with Crippen LogP contribution in [0.5, 0.6) is 0 Å². The number of hydrogen-bond donors (Lipinski definition) is 0. The van der Waals surface area contributed by atoms with Crippen molar-refractivity contribution in [1.82, 2.24) is 4.90 Å². The first-order valence-corrected chi connectivity index (χ1v) is 7.11. The van der Waals surface area contributed by atoms with E-state index in [0.717, 1.165) is 16.7 Å². The Kier molecular flexibility index (Phi) is 5.68. The van der Waals surface area contributed by atoms with Crippen molar-refractivity contribution in [3.63, 3.8) is 0 Å². The Morgan fingerprint density at radius 2 is 1.61 bits per heavy atom. The molecule has 0 aromatic heterocycles. The van der Waals surface area contributed by atoms with Crippen molar-refractivity contribution < 1.29 is 4.79 Å². The van der Waals surface area contributed by atoms with Crippen LogP contribution in [-0.4, -0.2) is 23.9 Å². The molecule has 2 aromatic carbocycles. The molecular formula is C19H15N3O. The van der Waals surface area contributed by atoms with Crippen molar-refractivity contribution in [3.8, 4) is 23.3 Å². The van der Waals surface area contributed by atoms with E-state index >= 15 is 0 Å². The van der Waals surface area contributed by atoms with Crippen LogP contribution in [0.4, 0.5) is 0 Å². The zero-order valence-corrected chi connectivity index (χ0v) is 12.5. The highest BCUT2D eigenvalue weighted by Crippen LogP contribution is 2.20. The smallest absolute Gasteiger partial charge is 0.248 e. The van der Waals surface area contributed by atoms with Gasteiger partial charge in [-0.2, -0.15) is 10.5 Å². The zero-order chi connectivity index (χ0) is 16.5. The number of nitriles is 2. The standard InChI is InChI=1S/C19H15N3O/c20-11-13-22(14-12-21)19(23)10-9-16-5-4-8-18(15-16)17-6-2-1-3-7-17/h1-10,15H,13-14H2/b10-9+. The number of rotatable bonds is 5. The molecule has 0 radical (unpaired) electrons. The second-order valence-electron chi connectivity index (χ2n) is 4.84. The summed E-state index contributed by atoms with van der Waals surface area (Å²) < 4.78 is 0. The van der Waals surface area contributed by atoms with E-state index in [0.29, 0.717) is 0 Å². The number of amides is 1. The van der Waals surface area contributed by atoms with Crippen molar-refractivity contribution in [1.29, 1.82) is 10.5 Å². The summed E-state index contributed by atoms with van der Waals surface area (Å²) in [5.41, 5.74) is 3.05. The van der Waals surface area contributed by atoms with E-state index in [9.17, 15) is 4.79 Å². The monoisotopic (exact) mass is 301 g/mol. The normalized spacial score (nSPS) is 10.0. The van der Waals surface area contributed by atoms with Crippen LogP contribution in [0.15, 0.2) is 60.7 Å². The molecule has 0 aliphatic heterocycles. The van der Waals surface area contributed by atoms with Crippen molar-refractivity contribution in [2.75, 3.05) is 13.1 Å². The molecule has 0 bridgehead atoms. The summed E-state index contributed by atoms with van der Waals surface area (Å²) in [5.74, 6) is -0.349. The minimum atomic E-state index is -0.349. The first-order valence-electron chi connectivity index (χ1n) is 7.11. The van der Waals surface area contributed by atoms with Crippen LogP contribution in [0.1, 0.15) is 5.56 Å². The Morgan fingerprint density at radius 3 is 2.26 bits per heavy atom. The van der Waals surface area contributed by atoms with E-state index in [4.69, 9.17) is 10.5 Å². The van der Waals surface area contributed by atoms with Gasteiger partial charge in [0.05, 0.1) is 12.1 Å². The lowest BCUT2D eigenvalue weighted by molar-refractivity contribution is -0.124. The van der Waals surface area contributed by atoms with E-state index in [-0.39, 0.29) is 19.0 Å². The molecule has 0 saturated heterocycles. The number of hydrogen-bond acceptors (Lipinski definition) is 3. The van der Waals surface area contributed by atoms with E-state index in [1.54, 1.807) is 6.08 Å².